The molecule has 1 aromatic heterocycles. The largest absolute Gasteiger partial charge is 0.493 e. The van der Waals surface area contributed by atoms with E-state index in [1.807, 2.05) is 6.92 Å². The van der Waals surface area contributed by atoms with E-state index in [0.717, 1.165) is 11.3 Å². The molecule has 5 nitrogen and oxygen atoms in total. The summed E-state index contributed by atoms with van der Waals surface area (Å²) in [4.78, 5) is 17.5. The van der Waals surface area contributed by atoms with Crippen molar-refractivity contribution in [3.05, 3.63) is 49.1 Å². The first-order valence-electron chi connectivity index (χ1n) is 6.18. The summed E-state index contributed by atoms with van der Waals surface area (Å²) in [6, 6.07) is 3.55. The molecule has 2 aromatic rings. The number of aromatic nitrogens is 2. The van der Waals surface area contributed by atoms with Gasteiger partial charge in [0.25, 0.3) is 5.56 Å². The van der Waals surface area contributed by atoms with Crippen LogP contribution in [0.25, 0.3) is 0 Å². The van der Waals surface area contributed by atoms with Crippen LogP contribution in [-0.4, -0.2) is 24.2 Å². The molecule has 1 heterocycles. The third-order valence-electron chi connectivity index (χ3n) is 3.13. The van der Waals surface area contributed by atoms with Gasteiger partial charge < -0.3 is 14.5 Å². The summed E-state index contributed by atoms with van der Waals surface area (Å²) in [5.41, 5.74) is 1.97. The van der Waals surface area contributed by atoms with Crippen LogP contribution >= 0.6 is 23.8 Å². The van der Waals surface area contributed by atoms with Crippen molar-refractivity contribution in [2.24, 2.45) is 0 Å². The van der Waals surface area contributed by atoms with Crippen molar-refractivity contribution in [1.29, 1.82) is 0 Å². The van der Waals surface area contributed by atoms with Crippen molar-refractivity contribution in [2.45, 2.75) is 13.3 Å². The molecule has 21 heavy (non-hydrogen) atoms. The van der Waals surface area contributed by atoms with E-state index in [2.05, 4.69) is 9.97 Å². The number of halogens is 1. The Balaban J connectivity index is 2.48. The van der Waals surface area contributed by atoms with Crippen LogP contribution in [0.1, 0.15) is 16.8 Å². The summed E-state index contributed by atoms with van der Waals surface area (Å²) in [6.45, 7) is 1.81. The summed E-state index contributed by atoms with van der Waals surface area (Å²) >= 11 is 11.1. The van der Waals surface area contributed by atoms with Crippen molar-refractivity contribution in [3.8, 4) is 11.5 Å². The lowest BCUT2D eigenvalue weighted by molar-refractivity contribution is 0.355. The number of benzene rings is 1. The maximum atomic E-state index is 12.0. The smallest absolute Gasteiger partial charge is 0.255 e. The monoisotopic (exact) mass is 326 g/mol. The molecule has 0 aliphatic rings. The van der Waals surface area contributed by atoms with Crippen molar-refractivity contribution in [2.75, 3.05) is 14.2 Å². The molecule has 0 fully saturated rings. The molecule has 0 atom stereocenters. The molecule has 0 unspecified atom stereocenters. The minimum absolute atomic E-state index is 0.206. The molecule has 0 saturated heterocycles. The first-order valence-corrected chi connectivity index (χ1v) is 6.97. The zero-order valence-electron chi connectivity index (χ0n) is 11.9. The second-order valence-electron chi connectivity index (χ2n) is 4.50. The summed E-state index contributed by atoms with van der Waals surface area (Å²) < 4.78 is 10.8. The summed E-state index contributed by atoms with van der Waals surface area (Å²) in [7, 11) is 3.06. The second-order valence-corrected chi connectivity index (χ2v) is 5.32. The Kier molecular flexibility index (Phi) is 4.69. The van der Waals surface area contributed by atoms with Gasteiger partial charge in [0.15, 0.2) is 16.3 Å². The number of ether oxygens (including phenoxy) is 2. The van der Waals surface area contributed by atoms with Crippen LogP contribution in [0.2, 0.25) is 5.02 Å². The second kappa shape index (κ2) is 6.32. The molecular weight excluding hydrogens is 312 g/mol. The number of nitrogens with one attached hydrogen (secondary N) is 2. The number of H-pyrrole nitrogens is 2. The quantitative estimate of drug-likeness (QED) is 0.848. The van der Waals surface area contributed by atoms with Crippen molar-refractivity contribution in [1.82, 2.24) is 9.97 Å². The molecule has 0 aliphatic heterocycles. The van der Waals surface area contributed by atoms with Gasteiger partial charge in [0.1, 0.15) is 0 Å². The fourth-order valence-electron chi connectivity index (χ4n) is 2.12. The highest BCUT2D eigenvalue weighted by molar-refractivity contribution is 7.71. The predicted octanol–water partition coefficient (Wildman–Crippen LogP) is 3.00. The highest BCUT2D eigenvalue weighted by atomic mass is 35.5. The lowest BCUT2D eigenvalue weighted by atomic mass is 10.0. The van der Waals surface area contributed by atoms with E-state index in [1.165, 1.54) is 14.2 Å². The van der Waals surface area contributed by atoms with E-state index >= 15 is 0 Å². The van der Waals surface area contributed by atoms with Crippen molar-refractivity contribution in [3.63, 3.8) is 0 Å². The summed E-state index contributed by atoms with van der Waals surface area (Å²) in [5, 5.41) is 0.435. The highest BCUT2D eigenvalue weighted by Gasteiger charge is 2.13. The molecule has 1 aromatic carbocycles. The highest BCUT2D eigenvalue weighted by Crippen LogP contribution is 2.36. The van der Waals surface area contributed by atoms with Gasteiger partial charge in [-0.2, -0.15) is 0 Å². The van der Waals surface area contributed by atoms with Gasteiger partial charge >= 0.3 is 0 Å². The maximum Gasteiger partial charge on any atom is 0.255 e. The van der Waals surface area contributed by atoms with Gasteiger partial charge in [-0.3, -0.25) is 9.78 Å². The van der Waals surface area contributed by atoms with Gasteiger partial charge in [-0.25, -0.2) is 0 Å². The lowest BCUT2D eigenvalue weighted by Crippen LogP contribution is -2.16. The molecule has 0 bridgehead atoms. The molecule has 2 N–H and O–H groups in total. The third-order valence-corrected chi connectivity index (χ3v) is 3.61. The van der Waals surface area contributed by atoms with E-state index in [-0.39, 0.29) is 5.56 Å². The van der Waals surface area contributed by atoms with E-state index in [4.69, 9.17) is 33.3 Å². The number of aryl methyl sites for hydroxylation is 1. The van der Waals surface area contributed by atoms with Gasteiger partial charge in [-0.1, -0.05) is 11.6 Å². The predicted molar refractivity (Wildman–Crippen MR) is 84.3 cm³/mol. The maximum absolute atomic E-state index is 12.0. The topological polar surface area (TPSA) is 67.1 Å². The molecule has 112 valence electrons. The molecule has 0 radical (unpaired) electrons. The Morgan fingerprint density at radius 2 is 1.95 bits per heavy atom. The molecule has 7 heteroatoms. The fraction of sp³-hybridized carbons (Fsp3) is 0.286. The fourth-order valence-corrected chi connectivity index (χ4v) is 2.67. The molecule has 0 aliphatic carbocycles. The normalized spacial score (nSPS) is 10.5. The van der Waals surface area contributed by atoms with Crippen LogP contribution in [0.4, 0.5) is 0 Å². The molecular formula is C14H15ClN2O3S. The van der Waals surface area contributed by atoms with E-state index in [9.17, 15) is 4.79 Å². The number of hydrogen-bond acceptors (Lipinski definition) is 4. The molecule has 0 spiro atoms. The van der Waals surface area contributed by atoms with Crippen LogP contribution in [-0.2, 0) is 6.42 Å². The Morgan fingerprint density at radius 1 is 1.24 bits per heavy atom. The Bertz CT molecular complexity index is 783. The zero-order valence-corrected chi connectivity index (χ0v) is 13.4. The van der Waals surface area contributed by atoms with Crippen LogP contribution in [0.5, 0.6) is 11.5 Å². The van der Waals surface area contributed by atoms with E-state index in [1.54, 1.807) is 12.1 Å². The minimum Gasteiger partial charge on any atom is -0.493 e. The first-order chi connectivity index (χ1) is 9.96. The van der Waals surface area contributed by atoms with Gasteiger partial charge in [0.05, 0.1) is 19.2 Å². The number of methoxy groups -OCH3 is 2. The third kappa shape index (κ3) is 3.28. The number of aromatic amines is 2. The molecule has 0 saturated carbocycles. The van der Waals surface area contributed by atoms with Gasteiger partial charge in [-0.05, 0) is 36.8 Å². The van der Waals surface area contributed by atoms with Gasteiger partial charge in [0.2, 0.25) is 0 Å². The number of rotatable bonds is 4. The Morgan fingerprint density at radius 3 is 2.52 bits per heavy atom. The van der Waals surface area contributed by atoms with Crippen LogP contribution in [0.3, 0.4) is 0 Å². The zero-order chi connectivity index (χ0) is 15.6. The van der Waals surface area contributed by atoms with Crippen LogP contribution < -0.4 is 15.0 Å². The SMILES string of the molecule is COc1cc(Cc2c(C)[nH]c(=S)[nH]c2=O)cc(Cl)c1OC. The lowest BCUT2D eigenvalue weighted by Gasteiger charge is -2.12. The Labute approximate surface area is 131 Å². The number of hydrogen-bond donors (Lipinski definition) is 2. The van der Waals surface area contributed by atoms with E-state index in [0.29, 0.717) is 33.3 Å². The Hall–Kier alpha value is -1.79. The van der Waals surface area contributed by atoms with Crippen molar-refractivity contribution < 1.29 is 9.47 Å². The average Bonchev–Trinajstić information content (AvgIpc) is 2.42. The van der Waals surface area contributed by atoms with Crippen LogP contribution in [0, 0.1) is 11.7 Å². The minimum atomic E-state index is -0.206. The molecule has 0 amide bonds. The van der Waals surface area contributed by atoms with Crippen molar-refractivity contribution >= 4 is 23.8 Å². The van der Waals surface area contributed by atoms with Crippen LogP contribution in [0.15, 0.2) is 16.9 Å². The first kappa shape index (κ1) is 15.6. The summed E-state index contributed by atoms with van der Waals surface area (Å²) in [5.74, 6) is 0.999. The van der Waals surface area contributed by atoms with Gasteiger partial charge in [0, 0.05) is 17.7 Å². The van der Waals surface area contributed by atoms with Gasteiger partial charge in [-0.15, -0.1) is 0 Å². The summed E-state index contributed by atoms with van der Waals surface area (Å²) in [6.07, 6.45) is 0.410. The average molecular weight is 327 g/mol. The standard InChI is InChI=1S/C14H15ClN2O3S/c1-7-9(13(18)17-14(21)16-7)4-8-5-10(15)12(20-3)11(6-8)19-2/h5-6H,4H2,1-3H3,(H2,16,17,18,21). The van der Waals surface area contributed by atoms with E-state index < -0.39 is 0 Å². The molecule has 2 rings (SSSR count).